The maximum absolute atomic E-state index is 6.20. The van der Waals surface area contributed by atoms with Crippen LogP contribution in [0.1, 0.15) is 44.0 Å². The second-order valence-corrected chi connectivity index (χ2v) is 4.74. The molecule has 1 aliphatic carbocycles. The molecule has 0 radical (unpaired) electrons. The van der Waals surface area contributed by atoms with Crippen LogP contribution in [-0.4, -0.2) is 25.6 Å². The molecule has 0 amide bonds. The molecule has 7 heteroatoms. The van der Waals surface area contributed by atoms with Gasteiger partial charge in [0.05, 0.1) is 12.2 Å². The standard InChI is InChI=1S/C11H16N6O/c12-9(7-4-2-1-3-5-7)11-14-10(16-18-11)8-6-13-17-15-8/h6-7,9H,1-5,12H2,(H,13,15,17). The fourth-order valence-corrected chi connectivity index (χ4v) is 2.48. The summed E-state index contributed by atoms with van der Waals surface area (Å²) in [6, 6.07) is -0.168. The summed E-state index contributed by atoms with van der Waals surface area (Å²) in [7, 11) is 0. The van der Waals surface area contributed by atoms with Crippen molar-refractivity contribution < 1.29 is 4.52 Å². The highest BCUT2D eigenvalue weighted by Gasteiger charge is 2.26. The summed E-state index contributed by atoms with van der Waals surface area (Å²) in [5, 5.41) is 14.0. The van der Waals surface area contributed by atoms with Crippen LogP contribution in [0.15, 0.2) is 10.7 Å². The number of hydrogen-bond acceptors (Lipinski definition) is 6. The molecule has 1 aliphatic rings. The van der Waals surface area contributed by atoms with Crippen LogP contribution in [-0.2, 0) is 0 Å². The van der Waals surface area contributed by atoms with Gasteiger partial charge in [-0.25, -0.2) is 0 Å². The monoisotopic (exact) mass is 248 g/mol. The molecule has 3 N–H and O–H groups in total. The molecular weight excluding hydrogens is 232 g/mol. The molecule has 0 spiro atoms. The average molecular weight is 248 g/mol. The molecule has 0 aromatic carbocycles. The van der Waals surface area contributed by atoms with Crippen LogP contribution in [0.25, 0.3) is 11.5 Å². The Bertz CT molecular complexity index is 487. The Morgan fingerprint density at radius 1 is 1.33 bits per heavy atom. The predicted molar refractivity (Wildman–Crippen MR) is 63.2 cm³/mol. The maximum Gasteiger partial charge on any atom is 0.244 e. The molecular formula is C11H16N6O. The average Bonchev–Trinajstić information content (AvgIpc) is 3.09. The summed E-state index contributed by atoms with van der Waals surface area (Å²) in [4.78, 5) is 4.30. The van der Waals surface area contributed by atoms with E-state index >= 15 is 0 Å². The van der Waals surface area contributed by atoms with Gasteiger partial charge in [0.2, 0.25) is 11.7 Å². The van der Waals surface area contributed by atoms with E-state index in [9.17, 15) is 0 Å². The maximum atomic E-state index is 6.20. The molecule has 18 heavy (non-hydrogen) atoms. The fourth-order valence-electron chi connectivity index (χ4n) is 2.48. The van der Waals surface area contributed by atoms with E-state index < -0.39 is 0 Å². The van der Waals surface area contributed by atoms with Crippen LogP contribution in [0.2, 0.25) is 0 Å². The quantitative estimate of drug-likeness (QED) is 0.851. The second kappa shape index (κ2) is 4.85. The molecule has 0 aliphatic heterocycles. The van der Waals surface area contributed by atoms with E-state index in [1.54, 1.807) is 6.20 Å². The lowest BCUT2D eigenvalue weighted by Crippen LogP contribution is -2.23. The van der Waals surface area contributed by atoms with Crippen molar-refractivity contribution in [1.29, 1.82) is 0 Å². The van der Waals surface area contributed by atoms with Crippen molar-refractivity contribution in [2.45, 2.75) is 38.1 Å². The first kappa shape index (κ1) is 11.3. The van der Waals surface area contributed by atoms with Gasteiger partial charge in [-0.05, 0) is 18.8 Å². The first-order valence-corrected chi connectivity index (χ1v) is 6.30. The van der Waals surface area contributed by atoms with Gasteiger partial charge < -0.3 is 10.3 Å². The van der Waals surface area contributed by atoms with Gasteiger partial charge >= 0.3 is 0 Å². The molecule has 0 bridgehead atoms. The number of nitrogens with zero attached hydrogens (tertiary/aromatic N) is 4. The summed E-state index contributed by atoms with van der Waals surface area (Å²) in [5.41, 5.74) is 6.77. The summed E-state index contributed by atoms with van der Waals surface area (Å²) in [6.07, 6.45) is 7.62. The Labute approximate surface area is 104 Å². The summed E-state index contributed by atoms with van der Waals surface area (Å²) in [6.45, 7) is 0. The van der Waals surface area contributed by atoms with E-state index in [0.717, 1.165) is 12.8 Å². The minimum Gasteiger partial charge on any atom is -0.337 e. The summed E-state index contributed by atoms with van der Waals surface area (Å²) >= 11 is 0. The van der Waals surface area contributed by atoms with Crippen molar-refractivity contribution in [2.75, 3.05) is 0 Å². The molecule has 1 atom stereocenters. The number of nitrogens with two attached hydrogens (primary N) is 1. The lowest BCUT2D eigenvalue weighted by atomic mass is 9.84. The van der Waals surface area contributed by atoms with Crippen molar-refractivity contribution >= 4 is 0 Å². The van der Waals surface area contributed by atoms with Gasteiger partial charge in [0, 0.05) is 0 Å². The molecule has 1 saturated carbocycles. The van der Waals surface area contributed by atoms with Crippen LogP contribution in [0.4, 0.5) is 0 Å². The number of hydrogen-bond donors (Lipinski definition) is 2. The third-order valence-corrected chi connectivity index (χ3v) is 3.53. The second-order valence-electron chi connectivity index (χ2n) is 4.74. The van der Waals surface area contributed by atoms with Crippen LogP contribution < -0.4 is 5.73 Å². The van der Waals surface area contributed by atoms with Crippen LogP contribution in [0, 0.1) is 5.92 Å². The number of aromatic nitrogens is 5. The van der Waals surface area contributed by atoms with E-state index in [2.05, 4.69) is 25.6 Å². The van der Waals surface area contributed by atoms with Gasteiger partial charge in [-0.1, -0.05) is 24.4 Å². The largest absolute Gasteiger partial charge is 0.337 e. The van der Waals surface area contributed by atoms with E-state index in [4.69, 9.17) is 10.3 Å². The number of aromatic amines is 1. The van der Waals surface area contributed by atoms with Crippen molar-refractivity contribution in [3.63, 3.8) is 0 Å². The fraction of sp³-hybridized carbons (Fsp3) is 0.636. The highest BCUT2D eigenvalue weighted by atomic mass is 16.5. The van der Waals surface area contributed by atoms with Crippen molar-refractivity contribution in [1.82, 2.24) is 25.6 Å². The first-order valence-electron chi connectivity index (χ1n) is 6.30. The summed E-state index contributed by atoms with van der Waals surface area (Å²) in [5.74, 6) is 1.38. The van der Waals surface area contributed by atoms with Gasteiger partial charge in [-0.3, -0.25) is 0 Å². The normalized spacial score (nSPS) is 18.9. The number of nitrogens with one attached hydrogen (secondary N) is 1. The van der Waals surface area contributed by atoms with Gasteiger partial charge in [-0.15, -0.1) is 0 Å². The molecule has 1 fully saturated rings. The highest BCUT2D eigenvalue weighted by Crippen LogP contribution is 2.32. The van der Waals surface area contributed by atoms with Gasteiger partial charge in [0.1, 0.15) is 0 Å². The highest BCUT2D eigenvalue weighted by molar-refractivity contribution is 5.44. The van der Waals surface area contributed by atoms with Crippen LogP contribution in [0.3, 0.4) is 0 Å². The van der Waals surface area contributed by atoms with E-state index in [1.165, 1.54) is 19.3 Å². The Morgan fingerprint density at radius 2 is 2.17 bits per heavy atom. The number of H-pyrrole nitrogens is 1. The SMILES string of the molecule is NC(c1nc(-c2cn[nH]n2)no1)C1CCCCC1. The Kier molecular flexibility index (Phi) is 3.06. The van der Waals surface area contributed by atoms with Crippen molar-refractivity contribution in [3.05, 3.63) is 12.1 Å². The zero-order valence-electron chi connectivity index (χ0n) is 10.0. The molecule has 2 aromatic heterocycles. The number of rotatable bonds is 3. The summed E-state index contributed by atoms with van der Waals surface area (Å²) < 4.78 is 5.24. The Hall–Kier alpha value is -1.76. The van der Waals surface area contributed by atoms with E-state index in [1.807, 2.05) is 0 Å². The van der Waals surface area contributed by atoms with E-state index in [-0.39, 0.29) is 6.04 Å². The third-order valence-electron chi connectivity index (χ3n) is 3.53. The van der Waals surface area contributed by atoms with Gasteiger partial charge in [0.25, 0.3) is 0 Å². The molecule has 3 rings (SSSR count). The Balaban J connectivity index is 1.76. The van der Waals surface area contributed by atoms with Gasteiger partial charge in [-0.2, -0.15) is 20.4 Å². The van der Waals surface area contributed by atoms with E-state index in [0.29, 0.717) is 23.3 Å². The van der Waals surface area contributed by atoms with Crippen molar-refractivity contribution in [3.8, 4) is 11.5 Å². The molecule has 96 valence electrons. The lowest BCUT2D eigenvalue weighted by Gasteiger charge is -2.24. The third kappa shape index (κ3) is 2.13. The molecule has 7 nitrogen and oxygen atoms in total. The molecule has 1 unspecified atom stereocenters. The molecule has 0 saturated heterocycles. The zero-order chi connectivity index (χ0) is 12.4. The molecule has 2 aromatic rings. The lowest BCUT2D eigenvalue weighted by molar-refractivity contribution is 0.255. The predicted octanol–water partition coefficient (Wildman–Crippen LogP) is 1.43. The van der Waals surface area contributed by atoms with Crippen molar-refractivity contribution in [2.24, 2.45) is 11.7 Å². The topological polar surface area (TPSA) is 107 Å². The smallest absolute Gasteiger partial charge is 0.244 e. The van der Waals surface area contributed by atoms with Crippen LogP contribution in [0.5, 0.6) is 0 Å². The minimum atomic E-state index is -0.168. The molecule has 2 heterocycles. The van der Waals surface area contributed by atoms with Gasteiger partial charge in [0.15, 0.2) is 5.69 Å². The zero-order valence-corrected chi connectivity index (χ0v) is 10.0. The Morgan fingerprint density at radius 3 is 2.89 bits per heavy atom. The first-order chi connectivity index (χ1) is 8.84. The minimum absolute atomic E-state index is 0.168. The van der Waals surface area contributed by atoms with Crippen LogP contribution >= 0.6 is 0 Å².